The van der Waals surface area contributed by atoms with Crippen LogP contribution in [-0.2, 0) is 9.84 Å². The number of anilines is 1. The van der Waals surface area contributed by atoms with Crippen molar-refractivity contribution in [2.24, 2.45) is 0 Å². The molecule has 1 aliphatic heterocycles. The summed E-state index contributed by atoms with van der Waals surface area (Å²) in [6, 6.07) is 6.50. The molecule has 1 unspecified atom stereocenters. The number of nitrogens with one attached hydrogen (secondary N) is 1. The highest BCUT2D eigenvalue weighted by Gasteiger charge is 2.35. The van der Waals surface area contributed by atoms with Gasteiger partial charge in [0.15, 0.2) is 21.5 Å². The lowest BCUT2D eigenvalue weighted by Gasteiger charge is -2.15. The number of nitro groups is 1. The minimum Gasteiger partial charge on any atom is -0.372 e. The van der Waals surface area contributed by atoms with E-state index in [1.165, 1.54) is 6.07 Å². The maximum absolute atomic E-state index is 13.9. The number of nitro benzene ring substituents is 1. The molecule has 3 rings (SSSR count). The summed E-state index contributed by atoms with van der Waals surface area (Å²) in [6.07, 6.45) is 0. The van der Waals surface area contributed by atoms with E-state index in [4.69, 9.17) is 0 Å². The third-order valence-corrected chi connectivity index (χ3v) is 5.39. The molecule has 23 heavy (non-hydrogen) atoms. The van der Waals surface area contributed by atoms with Gasteiger partial charge in [0, 0.05) is 0 Å². The van der Waals surface area contributed by atoms with Crippen LogP contribution >= 0.6 is 0 Å². The molecule has 0 fully saturated rings. The molecule has 0 aromatic heterocycles. The molecule has 0 radical (unpaired) electrons. The van der Waals surface area contributed by atoms with Gasteiger partial charge in [0.05, 0.1) is 33.7 Å². The second-order valence-electron chi connectivity index (χ2n) is 5.06. The number of fused-ring (bicyclic) bond motifs is 1. The zero-order chi connectivity index (χ0) is 16.8. The van der Waals surface area contributed by atoms with E-state index < -0.39 is 43.8 Å². The molecule has 0 bridgehead atoms. The van der Waals surface area contributed by atoms with Crippen molar-refractivity contribution in [3.63, 3.8) is 0 Å². The van der Waals surface area contributed by atoms with E-state index in [-0.39, 0.29) is 10.6 Å². The van der Waals surface area contributed by atoms with Crippen molar-refractivity contribution in [1.82, 2.24) is 0 Å². The van der Waals surface area contributed by atoms with Crippen LogP contribution in [0.3, 0.4) is 0 Å². The van der Waals surface area contributed by atoms with E-state index in [1.54, 1.807) is 18.2 Å². The van der Waals surface area contributed by atoms with Crippen molar-refractivity contribution in [1.29, 1.82) is 0 Å². The monoisotopic (exact) mass is 340 g/mol. The zero-order valence-electron chi connectivity index (χ0n) is 11.5. The van der Waals surface area contributed by atoms with Gasteiger partial charge in [-0.1, -0.05) is 18.2 Å². The van der Waals surface area contributed by atoms with Gasteiger partial charge in [-0.3, -0.25) is 10.1 Å². The second kappa shape index (κ2) is 5.27. The van der Waals surface area contributed by atoms with E-state index >= 15 is 0 Å². The molecule has 0 aliphatic carbocycles. The number of benzene rings is 2. The summed E-state index contributed by atoms with van der Waals surface area (Å²) in [6.45, 7) is 0. The molecule has 9 heteroatoms. The van der Waals surface area contributed by atoms with Crippen molar-refractivity contribution < 1.29 is 22.1 Å². The Morgan fingerprint density at radius 3 is 2.39 bits per heavy atom. The Morgan fingerprint density at radius 2 is 1.78 bits per heavy atom. The molecular weight excluding hydrogens is 330 g/mol. The number of halogens is 2. The Hall–Kier alpha value is -2.55. The number of hydrogen-bond donors (Lipinski definition) is 1. The fourth-order valence-electron chi connectivity index (χ4n) is 2.55. The van der Waals surface area contributed by atoms with Crippen LogP contribution in [0.1, 0.15) is 11.6 Å². The highest BCUT2D eigenvalue weighted by Crippen LogP contribution is 2.37. The number of non-ortho nitro benzene ring substituents is 1. The fourth-order valence-corrected chi connectivity index (χ4v) is 4.28. The molecule has 1 aliphatic rings. The first-order chi connectivity index (χ1) is 10.8. The minimum absolute atomic E-state index is 0.111. The third kappa shape index (κ3) is 2.63. The summed E-state index contributed by atoms with van der Waals surface area (Å²) in [5.74, 6) is -2.65. The highest BCUT2D eigenvalue weighted by molar-refractivity contribution is 7.91. The van der Waals surface area contributed by atoms with Gasteiger partial charge in [0.25, 0.3) is 5.69 Å². The summed E-state index contributed by atoms with van der Waals surface area (Å²) in [5, 5.41) is 13.1. The largest absolute Gasteiger partial charge is 0.372 e. The normalized spacial score (nSPS) is 18.4. The molecule has 0 saturated carbocycles. The zero-order valence-corrected chi connectivity index (χ0v) is 12.3. The smallest absolute Gasteiger partial charge is 0.275 e. The quantitative estimate of drug-likeness (QED) is 0.685. The molecule has 1 N–H and O–H groups in total. The van der Waals surface area contributed by atoms with Gasteiger partial charge < -0.3 is 5.32 Å². The molecule has 1 heterocycles. The van der Waals surface area contributed by atoms with Gasteiger partial charge in [0.2, 0.25) is 0 Å². The molecule has 1 atom stereocenters. The summed E-state index contributed by atoms with van der Waals surface area (Å²) in [5.41, 5.74) is -0.901. The average molecular weight is 340 g/mol. The number of hydrogen-bond acceptors (Lipinski definition) is 5. The molecule has 0 saturated heterocycles. The van der Waals surface area contributed by atoms with E-state index in [0.717, 1.165) is 0 Å². The molecule has 2 aromatic carbocycles. The molecular formula is C14H10F2N2O4S. The van der Waals surface area contributed by atoms with Crippen LogP contribution < -0.4 is 5.32 Å². The Morgan fingerprint density at radius 1 is 1.17 bits per heavy atom. The van der Waals surface area contributed by atoms with Crippen molar-refractivity contribution in [2.45, 2.75) is 10.9 Å². The topological polar surface area (TPSA) is 89.3 Å². The van der Waals surface area contributed by atoms with E-state index in [9.17, 15) is 27.3 Å². The third-order valence-electron chi connectivity index (χ3n) is 3.57. The van der Waals surface area contributed by atoms with E-state index in [1.807, 2.05) is 0 Å². The van der Waals surface area contributed by atoms with Crippen molar-refractivity contribution in [3.8, 4) is 0 Å². The van der Waals surface area contributed by atoms with E-state index in [2.05, 4.69) is 5.32 Å². The van der Waals surface area contributed by atoms with Gasteiger partial charge in [-0.2, -0.15) is 0 Å². The number of rotatable bonds is 3. The Balaban J connectivity index is 2.00. The van der Waals surface area contributed by atoms with Crippen molar-refractivity contribution in [2.75, 3.05) is 11.1 Å². The first-order valence-electron chi connectivity index (χ1n) is 6.51. The van der Waals surface area contributed by atoms with Crippen LogP contribution in [0.5, 0.6) is 0 Å². The first kappa shape index (κ1) is 15.3. The number of nitrogens with zero attached hydrogens (tertiary/aromatic N) is 1. The lowest BCUT2D eigenvalue weighted by molar-refractivity contribution is -0.385. The Labute approximate surface area is 129 Å². The van der Waals surface area contributed by atoms with Crippen molar-refractivity contribution in [3.05, 3.63) is 63.7 Å². The van der Waals surface area contributed by atoms with Crippen LogP contribution in [0.4, 0.5) is 20.2 Å². The maximum Gasteiger partial charge on any atom is 0.275 e. The van der Waals surface area contributed by atoms with Gasteiger partial charge in [0.1, 0.15) is 5.69 Å². The molecule has 120 valence electrons. The van der Waals surface area contributed by atoms with Gasteiger partial charge >= 0.3 is 0 Å². The fraction of sp³-hybridized carbons (Fsp3) is 0.143. The molecule has 0 amide bonds. The van der Waals surface area contributed by atoms with Crippen LogP contribution in [0.15, 0.2) is 41.3 Å². The van der Waals surface area contributed by atoms with Crippen LogP contribution in [-0.4, -0.2) is 19.1 Å². The SMILES string of the molecule is O=[N+]([O-])c1cc(F)c(NC2CS(=O)(=O)c3ccccc32)c(F)c1. The summed E-state index contributed by atoms with van der Waals surface area (Å²) < 4.78 is 52.0. The van der Waals surface area contributed by atoms with Gasteiger partial charge in [-0.15, -0.1) is 0 Å². The first-order valence-corrected chi connectivity index (χ1v) is 8.16. The predicted molar refractivity (Wildman–Crippen MR) is 77.9 cm³/mol. The summed E-state index contributed by atoms with van der Waals surface area (Å²) >= 11 is 0. The van der Waals surface area contributed by atoms with Crippen LogP contribution in [0, 0.1) is 21.7 Å². The minimum atomic E-state index is -3.54. The lowest BCUT2D eigenvalue weighted by Crippen LogP contribution is -2.15. The number of sulfone groups is 1. The average Bonchev–Trinajstić information content (AvgIpc) is 2.74. The molecule has 2 aromatic rings. The van der Waals surface area contributed by atoms with Gasteiger partial charge in [-0.05, 0) is 11.6 Å². The second-order valence-corrected chi connectivity index (χ2v) is 7.06. The van der Waals surface area contributed by atoms with E-state index in [0.29, 0.717) is 17.7 Å². The maximum atomic E-state index is 13.9. The Bertz CT molecular complexity index is 892. The molecule has 0 spiro atoms. The highest BCUT2D eigenvalue weighted by atomic mass is 32.2. The standard InChI is InChI=1S/C14H10F2N2O4S/c15-10-5-8(18(19)20)6-11(16)14(10)17-12-7-23(21,22)13-4-2-1-3-9(12)13/h1-6,12,17H,7H2. The van der Waals surface area contributed by atoms with Crippen molar-refractivity contribution >= 4 is 21.2 Å². The van der Waals surface area contributed by atoms with Gasteiger partial charge in [-0.25, -0.2) is 17.2 Å². The summed E-state index contributed by atoms with van der Waals surface area (Å²) in [4.78, 5) is 9.78. The van der Waals surface area contributed by atoms with Crippen LogP contribution in [0.25, 0.3) is 0 Å². The summed E-state index contributed by atoms with van der Waals surface area (Å²) in [7, 11) is -3.54. The van der Waals surface area contributed by atoms with Crippen LogP contribution in [0.2, 0.25) is 0 Å². The molecule has 6 nitrogen and oxygen atoms in total. The Kier molecular flexibility index (Phi) is 3.52. The lowest BCUT2D eigenvalue weighted by atomic mass is 10.1. The predicted octanol–water partition coefficient (Wildman–Crippen LogP) is 2.81.